The van der Waals surface area contributed by atoms with Gasteiger partial charge in [0.05, 0.1) is 12.2 Å². The zero-order chi connectivity index (χ0) is 16.4. The lowest BCUT2D eigenvalue weighted by Crippen LogP contribution is -2.22. The van der Waals surface area contributed by atoms with E-state index in [1.54, 1.807) is 12.1 Å². The molecule has 4 heteroatoms. The Morgan fingerprint density at radius 2 is 1.74 bits per heavy atom. The van der Waals surface area contributed by atoms with E-state index < -0.39 is 0 Å². The van der Waals surface area contributed by atoms with E-state index in [2.05, 4.69) is 53.1 Å². The molecule has 0 amide bonds. The first-order chi connectivity index (χ1) is 11.0. The van der Waals surface area contributed by atoms with Crippen LogP contribution in [0.25, 0.3) is 11.3 Å². The minimum Gasteiger partial charge on any atom is -0.268 e. The van der Waals surface area contributed by atoms with Crippen molar-refractivity contribution in [1.82, 2.24) is 9.78 Å². The summed E-state index contributed by atoms with van der Waals surface area (Å²) in [5.74, 6) is 0. The van der Waals surface area contributed by atoms with Gasteiger partial charge in [0.15, 0.2) is 0 Å². The first-order valence-electron chi connectivity index (χ1n) is 7.43. The number of hydrogen-bond acceptors (Lipinski definition) is 2. The summed E-state index contributed by atoms with van der Waals surface area (Å²) >= 11 is 3.42. The Bertz CT molecular complexity index is 898. The Labute approximate surface area is 143 Å². The summed E-state index contributed by atoms with van der Waals surface area (Å²) in [6, 6.07) is 17.5. The predicted octanol–water partition coefficient (Wildman–Crippen LogP) is 4.34. The highest BCUT2D eigenvalue weighted by Gasteiger charge is 2.07. The van der Waals surface area contributed by atoms with Crippen molar-refractivity contribution in [3.8, 4) is 11.3 Å². The van der Waals surface area contributed by atoms with Crippen molar-refractivity contribution < 1.29 is 0 Å². The van der Waals surface area contributed by atoms with E-state index in [4.69, 9.17) is 0 Å². The lowest BCUT2D eigenvalue weighted by Gasteiger charge is -2.10. The average Bonchev–Trinajstić information content (AvgIpc) is 2.52. The Hall–Kier alpha value is -2.20. The summed E-state index contributed by atoms with van der Waals surface area (Å²) < 4.78 is 2.53. The molecule has 0 atom stereocenters. The molecule has 3 nitrogen and oxygen atoms in total. The number of rotatable bonds is 3. The quantitative estimate of drug-likeness (QED) is 0.689. The number of nitrogens with zero attached hydrogens (tertiary/aromatic N) is 2. The van der Waals surface area contributed by atoms with Crippen LogP contribution in [-0.4, -0.2) is 9.78 Å². The first-order valence-corrected chi connectivity index (χ1v) is 8.22. The second-order valence-electron chi connectivity index (χ2n) is 5.66. The van der Waals surface area contributed by atoms with E-state index in [0.29, 0.717) is 6.54 Å². The summed E-state index contributed by atoms with van der Waals surface area (Å²) in [6.45, 7) is 4.59. The summed E-state index contributed by atoms with van der Waals surface area (Å²) in [5, 5.41) is 4.54. The van der Waals surface area contributed by atoms with E-state index in [1.165, 1.54) is 10.2 Å². The minimum atomic E-state index is -0.0959. The second kappa shape index (κ2) is 6.50. The summed E-state index contributed by atoms with van der Waals surface area (Å²) in [5.41, 5.74) is 5.20. The number of aromatic nitrogens is 2. The largest absolute Gasteiger partial charge is 0.268 e. The standard InChI is InChI=1S/C19H17BrN2O/c1-13-3-8-17(14(2)11-13)18-9-10-19(23)22(21-18)12-15-4-6-16(20)7-5-15/h3-11H,12H2,1-2H3. The highest BCUT2D eigenvalue weighted by Crippen LogP contribution is 2.21. The smallest absolute Gasteiger partial charge is 0.267 e. The maximum Gasteiger partial charge on any atom is 0.267 e. The van der Waals surface area contributed by atoms with Crippen LogP contribution < -0.4 is 5.56 Å². The maximum atomic E-state index is 12.1. The van der Waals surface area contributed by atoms with Gasteiger partial charge < -0.3 is 0 Å². The highest BCUT2D eigenvalue weighted by molar-refractivity contribution is 9.10. The molecule has 0 fully saturated rings. The highest BCUT2D eigenvalue weighted by atomic mass is 79.9. The van der Waals surface area contributed by atoms with Gasteiger partial charge in [-0.2, -0.15) is 5.10 Å². The van der Waals surface area contributed by atoms with E-state index in [0.717, 1.165) is 26.9 Å². The van der Waals surface area contributed by atoms with Gasteiger partial charge in [0, 0.05) is 16.1 Å². The summed E-state index contributed by atoms with van der Waals surface area (Å²) in [4.78, 5) is 12.1. The number of aryl methyl sites for hydroxylation is 2. The van der Waals surface area contributed by atoms with Crippen molar-refractivity contribution in [3.05, 3.63) is 86.1 Å². The molecule has 0 bridgehead atoms. The molecule has 23 heavy (non-hydrogen) atoms. The lowest BCUT2D eigenvalue weighted by molar-refractivity contribution is 0.642. The van der Waals surface area contributed by atoms with E-state index in [9.17, 15) is 4.79 Å². The first kappa shape index (κ1) is 15.7. The molecule has 2 aromatic carbocycles. The van der Waals surface area contributed by atoms with Crippen molar-refractivity contribution in [3.63, 3.8) is 0 Å². The third-order valence-electron chi connectivity index (χ3n) is 3.77. The molecule has 0 aliphatic carbocycles. The van der Waals surface area contributed by atoms with Gasteiger partial charge in [-0.3, -0.25) is 4.79 Å². The minimum absolute atomic E-state index is 0.0959. The molecule has 3 aromatic rings. The topological polar surface area (TPSA) is 34.9 Å². The van der Waals surface area contributed by atoms with Crippen LogP contribution in [0, 0.1) is 13.8 Å². The van der Waals surface area contributed by atoms with Crippen LogP contribution in [0.15, 0.2) is 63.9 Å². The fraction of sp³-hybridized carbons (Fsp3) is 0.158. The van der Waals surface area contributed by atoms with Gasteiger partial charge in [-0.25, -0.2) is 4.68 Å². The van der Waals surface area contributed by atoms with Crippen LogP contribution in [-0.2, 0) is 6.54 Å². The molecule has 1 aromatic heterocycles. The molecule has 0 radical (unpaired) electrons. The fourth-order valence-electron chi connectivity index (χ4n) is 2.57. The van der Waals surface area contributed by atoms with Gasteiger partial charge in [0.1, 0.15) is 0 Å². The van der Waals surface area contributed by atoms with Gasteiger partial charge >= 0.3 is 0 Å². The molecule has 0 aliphatic heterocycles. The molecular formula is C19H17BrN2O. The third-order valence-corrected chi connectivity index (χ3v) is 4.30. The zero-order valence-corrected chi connectivity index (χ0v) is 14.7. The van der Waals surface area contributed by atoms with E-state index in [-0.39, 0.29) is 5.56 Å². The van der Waals surface area contributed by atoms with E-state index in [1.807, 2.05) is 24.3 Å². The number of hydrogen-bond donors (Lipinski definition) is 0. The van der Waals surface area contributed by atoms with Crippen LogP contribution in [0.1, 0.15) is 16.7 Å². The zero-order valence-electron chi connectivity index (χ0n) is 13.1. The lowest BCUT2D eigenvalue weighted by atomic mass is 10.0. The average molecular weight is 369 g/mol. The molecular weight excluding hydrogens is 352 g/mol. The molecule has 0 saturated carbocycles. The van der Waals surface area contributed by atoms with Gasteiger partial charge in [0.2, 0.25) is 0 Å². The van der Waals surface area contributed by atoms with Gasteiger partial charge in [-0.1, -0.05) is 51.8 Å². The fourth-order valence-corrected chi connectivity index (χ4v) is 2.83. The maximum absolute atomic E-state index is 12.1. The van der Waals surface area contributed by atoms with Gasteiger partial charge in [-0.15, -0.1) is 0 Å². The Balaban J connectivity index is 1.99. The van der Waals surface area contributed by atoms with Crippen molar-refractivity contribution in [2.75, 3.05) is 0 Å². The van der Waals surface area contributed by atoms with Crippen molar-refractivity contribution in [2.24, 2.45) is 0 Å². The van der Waals surface area contributed by atoms with E-state index >= 15 is 0 Å². The van der Waals surface area contributed by atoms with Crippen LogP contribution in [0.3, 0.4) is 0 Å². The van der Waals surface area contributed by atoms with Crippen molar-refractivity contribution in [2.45, 2.75) is 20.4 Å². The van der Waals surface area contributed by atoms with Gasteiger partial charge in [-0.05, 0) is 43.2 Å². The number of benzene rings is 2. The van der Waals surface area contributed by atoms with Crippen LogP contribution >= 0.6 is 15.9 Å². The SMILES string of the molecule is Cc1ccc(-c2ccc(=O)n(Cc3ccc(Br)cc3)n2)c(C)c1. The van der Waals surface area contributed by atoms with Gasteiger partial charge in [0.25, 0.3) is 5.56 Å². The predicted molar refractivity (Wildman–Crippen MR) is 96.7 cm³/mol. The monoisotopic (exact) mass is 368 g/mol. The molecule has 3 rings (SSSR count). The Morgan fingerprint density at radius 1 is 1.00 bits per heavy atom. The molecule has 0 spiro atoms. The molecule has 0 unspecified atom stereocenters. The van der Waals surface area contributed by atoms with Crippen LogP contribution in [0.4, 0.5) is 0 Å². The third kappa shape index (κ3) is 3.59. The molecule has 0 saturated heterocycles. The summed E-state index contributed by atoms with van der Waals surface area (Å²) in [7, 11) is 0. The molecule has 0 N–H and O–H groups in total. The van der Waals surface area contributed by atoms with Crippen LogP contribution in [0.5, 0.6) is 0 Å². The Morgan fingerprint density at radius 3 is 2.43 bits per heavy atom. The molecule has 1 heterocycles. The Kier molecular flexibility index (Phi) is 4.44. The second-order valence-corrected chi connectivity index (χ2v) is 6.57. The molecule has 0 aliphatic rings. The number of halogens is 1. The van der Waals surface area contributed by atoms with Crippen molar-refractivity contribution in [1.29, 1.82) is 0 Å². The van der Waals surface area contributed by atoms with Crippen LogP contribution in [0.2, 0.25) is 0 Å². The molecule has 116 valence electrons. The van der Waals surface area contributed by atoms with Crippen molar-refractivity contribution >= 4 is 15.9 Å². The summed E-state index contributed by atoms with van der Waals surface area (Å²) in [6.07, 6.45) is 0. The normalized spacial score (nSPS) is 10.7.